The lowest BCUT2D eigenvalue weighted by Crippen LogP contribution is -2.16. The second-order valence-electron chi connectivity index (χ2n) is 2.94. The summed E-state index contributed by atoms with van der Waals surface area (Å²) in [5.74, 6) is -1.76. The summed E-state index contributed by atoms with van der Waals surface area (Å²) < 4.78 is 30.2. The topological polar surface area (TPSA) is 33.6 Å². The zero-order chi connectivity index (χ0) is 10.7. The Morgan fingerprint density at radius 1 is 1.27 bits per heavy atom. The summed E-state index contributed by atoms with van der Waals surface area (Å²) >= 11 is 0. The molecule has 78 valence electrons. The molecule has 1 atom stereocenters. The Balaban J connectivity index is 2.10. The van der Waals surface area contributed by atoms with Crippen molar-refractivity contribution in [2.75, 3.05) is 5.32 Å². The van der Waals surface area contributed by atoms with Gasteiger partial charge in [0.1, 0.15) is 6.17 Å². The smallest absolute Gasteiger partial charge is 0.178 e. The van der Waals surface area contributed by atoms with E-state index in [4.69, 9.17) is 4.74 Å². The van der Waals surface area contributed by atoms with Gasteiger partial charge < -0.3 is 10.1 Å². The Morgan fingerprint density at radius 3 is 2.80 bits per heavy atom. The Kier molecular flexibility index (Phi) is 2.62. The first-order valence-electron chi connectivity index (χ1n) is 4.31. The van der Waals surface area contributed by atoms with Crippen molar-refractivity contribution in [3.8, 4) is 0 Å². The lowest BCUT2D eigenvalue weighted by molar-refractivity contribution is 0.474. The Morgan fingerprint density at radius 2 is 2.13 bits per heavy atom. The minimum absolute atomic E-state index is 0.316. The fourth-order valence-corrected chi connectivity index (χ4v) is 1.15. The second kappa shape index (κ2) is 4.08. The third-order valence-electron chi connectivity index (χ3n) is 1.86. The molecule has 0 radical (unpaired) electrons. The number of nitrogens with zero attached hydrogens (tertiary/aromatic N) is 1. The van der Waals surface area contributed by atoms with E-state index in [0.29, 0.717) is 5.69 Å². The molecule has 0 spiro atoms. The fourth-order valence-electron chi connectivity index (χ4n) is 1.15. The van der Waals surface area contributed by atoms with Gasteiger partial charge in [-0.2, -0.15) is 0 Å². The van der Waals surface area contributed by atoms with Crippen molar-refractivity contribution in [3.05, 3.63) is 42.2 Å². The van der Waals surface area contributed by atoms with Crippen molar-refractivity contribution in [1.29, 1.82) is 0 Å². The molecule has 2 rings (SSSR count). The maximum atomic E-state index is 12.8. The zero-order valence-corrected chi connectivity index (χ0v) is 7.65. The third-order valence-corrected chi connectivity index (χ3v) is 1.86. The van der Waals surface area contributed by atoms with Crippen molar-refractivity contribution in [3.63, 3.8) is 0 Å². The van der Waals surface area contributed by atoms with Gasteiger partial charge >= 0.3 is 0 Å². The number of nitrogens with one attached hydrogen (secondary N) is 1. The van der Waals surface area contributed by atoms with Crippen LogP contribution in [0.1, 0.15) is 0 Å². The van der Waals surface area contributed by atoms with Crippen LogP contribution >= 0.6 is 0 Å². The minimum Gasteiger partial charge on any atom is -0.454 e. The normalized spacial score (nSPS) is 18.7. The van der Waals surface area contributed by atoms with Crippen LogP contribution in [0.2, 0.25) is 0 Å². The van der Waals surface area contributed by atoms with Crippen molar-refractivity contribution in [1.82, 2.24) is 0 Å². The second-order valence-corrected chi connectivity index (χ2v) is 2.94. The summed E-state index contributed by atoms with van der Waals surface area (Å²) in [6.45, 7) is 0. The van der Waals surface area contributed by atoms with Crippen LogP contribution in [-0.4, -0.2) is 12.6 Å². The van der Waals surface area contributed by atoms with Crippen molar-refractivity contribution in [2.45, 2.75) is 6.17 Å². The summed E-state index contributed by atoms with van der Waals surface area (Å²) in [7, 11) is 0. The minimum atomic E-state index is -0.889. The largest absolute Gasteiger partial charge is 0.454 e. The van der Waals surface area contributed by atoms with Gasteiger partial charge in [0.05, 0.1) is 6.26 Å². The number of ether oxygens (including phenoxy) is 1. The summed E-state index contributed by atoms with van der Waals surface area (Å²) in [6, 6.07) is 3.58. The number of hydrogen-bond acceptors (Lipinski definition) is 3. The van der Waals surface area contributed by atoms with Gasteiger partial charge in [0, 0.05) is 11.8 Å². The summed E-state index contributed by atoms with van der Waals surface area (Å²) in [5, 5.41) is 2.88. The molecule has 1 aromatic carbocycles. The van der Waals surface area contributed by atoms with E-state index in [1.54, 1.807) is 6.08 Å². The van der Waals surface area contributed by atoms with Crippen molar-refractivity contribution >= 4 is 12.1 Å². The average molecular weight is 210 g/mol. The molecule has 0 amide bonds. The standard InChI is InChI=1S/C10H8F2N2O/c11-8-2-1-7(5-9(8)12)14-10-3-4-15-6-13-10/h1-6,10,14H. The molecule has 0 bridgehead atoms. The molecule has 0 aromatic heterocycles. The van der Waals surface area contributed by atoms with Gasteiger partial charge in [-0.15, -0.1) is 0 Å². The highest BCUT2D eigenvalue weighted by Crippen LogP contribution is 2.15. The first kappa shape index (κ1) is 9.64. The van der Waals surface area contributed by atoms with E-state index in [9.17, 15) is 8.78 Å². The van der Waals surface area contributed by atoms with Gasteiger partial charge in [-0.25, -0.2) is 13.8 Å². The number of halogens is 2. The van der Waals surface area contributed by atoms with Crippen LogP contribution < -0.4 is 5.32 Å². The van der Waals surface area contributed by atoms with Crippen LogP contribution in [0.15, 0.2) is 35.5 Å². The third kappa shape index (κ3) is 2.31. The monoisotopic (exact) mass is 210 g/mol. The van der Waals surface area contributed by atoms with Gasteiger partial charge in [-0.1, -0.05) is 0 Å². The highest BCUT2D eigenvalue weighted by Gasteiger charge is 2.07. The van der Waals surface area contributed by atoms with Crippen LogP contribution in [0.5, 0.6) is 0 Å². The van der Waals surface area contributed by atoms with Crippen molar-refractivity contribution in [2.24, 2.45) is 4.99 Å². The number of benzene rings is 1. The maximum Gasteiger partial charge on any atom is 0.178 e. The van der Waals surface area contributed by atoms with Gasteiger partial charge in [0.15, 0.2) is 18.0 Å². The van der Waals surface area contributed by atoms with E-state index in [1.165, 1.54) is 18.7 Å². The summed E-state index contributed by atoms with van der Waals surface area (Å²) in [6.07, 6.45) is 4.08. The van der Waals surface area contributed by atoms with Crippen molar-refractivity contribution < 1.29 is 13.5 Å². The number of anilines is 1. The molecular weight excluding hydrogens is 202 g/mol. The molecule has 15 heavy (non-hydrogen) atoms. The zero-order valence-electron chi connectivity index (χ0n) is 7.65. The molecule has 0 saturated heterocycles. The van der Waals surface area contributed by atoms with Crippen LogP contribution in [0, 0.1) is 11.6 Å². The Bertz CT molecular complexity index is 406. The predicted molar refractivity (Wildman–Crippen MR) is 52.5 cm³/mol. The average Bonchev–Trinajstić information content (AvgIpc) is 2.25. The first-order valence-corrected chi connectivity index (χ1v) is 4.31. The fraction of sp³-hybridized carbons (Fsp3) is 0.100. The van der Waals surface area contributed by atoms with Crippen LogP contribution in [0.3, 0.4) is 0 Å². The molecular formula is C10H8F2N2O. The quantitative estimate of drug-likeness (QED) is 0.812. The molecule has 0 fully saturated rings. The van der Waals surface area contributed by atoms with Gasteiger partial charge in [0.25, 0.3) is 0 Å². The molecule has 1 heterocycles. The Hall–Kier alpha value is -1.91. The highest BCUT2D eigenvalue weighted by molar-refractivity contribution is 5.52. The molecule has 0 saturated carbocycles. The van der Waals surface area contributed by atoms with E-state index in [0.717, 1.165) is 12.1 Å². The lowest BCUT2D eigenvalue weighted by atomic mass is 10.3. The molecule has 1 aliphatic heterocycles. The van der Waals surface area contributed by atoms with Gasteiger partial charge in [-0.05, 0) is 18.2 Å². The molecule has 1 aromatic rings. The van der Waals surface area contributed by atoms with E-state index in [1.807, 2.05) is 0 Å². The van der Waals surface area contributed by atoms with Crippen LogP contribution in [0.25, 0.3) is 0 Å². The van der Waals surface area contributed by atoms with Gasteiger partial charge in [-0.3, -0.25) is 0 Å². The lowest BCUT2D eigenvalue weighted by Gasteiger charge is -2.13. The number of hydrogen-bond donors (Lipinski definition) is 1. The molecule has 1 N–H and O–H groups in total. The van der Waals surface area contributed by atoms with E-state index >= 15 is 0 Å². The van der Waals surface area contributed by atoms with E-state index in [2.05, 4.69) is 10.3 Å². The van der Waals surface area contributed by atoms with E-state index in [-0.39, 0.29) is 6.17 Å². The van der Waals surface area contributed by atoms with E-state index < -0.39 is 11.6 Å². The maximum absolute atomic E-state index is 12.8. The summed E-state index contributed by atoms with van der Waals surface area (Å²) in [5.41, 5.74) is 0.461. The van der Waals surface area contributed by atoms with Crippen LogP contribution in [0.4, 0.5) is 14.5 Å². The Labute approximate surface area is 85.1 Å². The summed E-state index contributed by atoms with van der Waals surface area (Å²) in [4.78, 5) is 3.92. The number of aliphatic imine (C=N–C) groups is 1. The molecule has 5 heteroatoms. The SMILES string of the molecule is Fc1ccc(NC2C=COC=N2)cc1F. The predicted octanol–water partition coefficient (Wildman–Crippen LogP) is 2.28. The number of rotatable bonds is 2. The molecule has 3 nitrogen and oxygen atoms in total. The molecule has 1 unspecified atom stereocenters. The molecule has 1 aliphatic rings. The van der Waals surface area contributed by atoms with Gasteiger partial charge in [0.2, 0.25) is 0 Å². The molecule has 0 aliphatic carbocycles. The first-order chi connectivity index (χ1) is 7.25. The highest BCUT2D eigenvalue weighted by atomic mass is 19.2. The van der Waals surface area contributed by atoms with Crippen LogP contribution in [-0.2, 0) is 4.74 Å².